The van der Waals surface area contributed by atoms with Gasteiger partial charge in [-0.15, -0.1) is 0 Å². The number of benzene rings is 1. The van der Waals surface area contributed by atoms with E-state index >= 15 is 0 Å². The van der Waals surface area contributed by atoms with E-state index in [2.05, 4.69) is 0 Å². The summed E-state index contributed by atoms with van der Waals surface area (Å²) in [5.74, 6) is -1.12. The summed E-state index contributed by atoms with van der Waals surface area (Å²) in [6, 6.07) is 6.05. The number of aliphatic carboxylic acids is 1. The first-order valence-electron chi connectivity index (χ1n) is 6.79. The molecular formula is C14H20N2O4S. The van der Waals surface area contributed by atoms with Gasteiger partial charge < -0.3 is 5.11 Å². The number of hydrogen-bond acceptors (Lipinski definition) is 3. The lowest BCUT2D eigenvalue weighted by molar-refractivity contribution is -0.142. The summed E-state index contributed by atoms with van der Waals surface area (Å²) in [7, 11) is -2.34. The van der Waals surface area contributed by atoms with Crippen LogP contribution in [-0.4, -0.2) is 47.2 Å². The SMILES string of the molecule is CC(C)N(C)S(=O)(=O)N1Cc2ccccc2C[C@@H]1C(=O)O. The van der Waals surface area contributed by atoms with Crippen molar-refractivity contribution >= 4 is 16.2 Å². The predicted octanol–water partition coefficient (Wildman–Crippen LogP) is 1.08. The minimum Gasteiger partial charge on any atom is -0.480 e. The van der Waals surface area contributed by atoms with Crippen LogP contribution in [-0.2, 0) is 28.0 Å². The zero-order valence-corrected chi connectivity index (χ0v) is 13.2. The van der Waals surface area contributed by atoms with Crippen LogP contribution in [0.3, 0.4) is 0 Å². The van der Waals surface area contributed by atoms with E-state index in [1.165, 1.54) is 11.4 Å². The summed E-state index contributed by atoms with van der Waals surface area (Å²) in [6.07, 6.45) is 0.191. The number of rotatable bonds is 4. The average Bonchev–Trinajstić information content (AvgIpc) is 2.44. The zero-order chi connectivity index (χ0) is 15.8. The van der Waals surface area contributed by atoms with Crippen molar-refractivity contribution < 1.29 is 18.3 Å². The summed E-state index contributed by atoms with van der Waals surface area (Å²) in [5.41, 5.74) is 1.75. The standard InChI is InChI=1S/C14H20N2O4S/c1-10(2)15(3)21(19,20)16-9-12-7-5-4-6-11(12)8-13(16)14(17)18/h4-7,10,13H,8-9H2,1-3H3,(H,17,18)/t13-/m1/s1. The molecule has 0 aromatic heterocycles. The van der Waals surface area contributed by atoms with E-state index in [9.17, 15) is 18.3 Å². The number of carboxylic acids is 1. The molecule has 2 rings (SSSR count). The molecule has 1 atom stereocenters. The van der Waals surface area contributed by atoms with Crippen LogP contribution in [0.4, 0.5) is 0 Å². The zero-order valence-electron chi connectivity index (χ0n) is 12.4. The fourth-order valence-corrected chi connectivity index (χ4v) is 4.04. The van der Waals surface area contributed by atoms with Gasteiger partial charge in [0.2, 0.25) is 0 Å². The van der Waals surface area contributed by atoms with Crippen LogP contribution in [0.1, 0.15) is 25.0 Å². The number of nitrogens with zero attached hydrogens (tertiary/aromatic N) is 2. The van der Waals surface area contributed by atoms with E-state index in [4.69, 9.17) is 0 Å². The van der Waals surface area contributed by atoms with Gasteiger partial charge in [0.05, 0.1) is 0 Å². The summed E-state index contributed by atoms with van der Waals surface area (Å²) < 4.78 is 27.6. The first-order chi connectivity index (χ1) is 9.75. The summed E-state index contributed by atoms with van der Waals surface area (Å²) in [5, 5.41) is 9.39. The first kappa shape index (κ1) is 15.9. The molecule has 1 aromatic carbocycles. The highest BCUT2D eigenvalue weighted by molar-refractivity contribution is 7.86. The Balaban J connectivity index is 2.44. The van der Waals surface area contributed by atoms with Crippen molar-refractivity contribution in [3.63, 3.8) is 0 Å². The lowest BCUT2D eigenvalue weighted by Crippen LogP contribution is -2.54. The van der Waals surface area contributed by atoms with Crippen molar-refractivity contribution in [2.24, 2.45) is 0 Å². The number of carbonyl (C=O) groups is 1. The van der Waals surface area contributed by atoms with E-state index in [0.717, 1.165) is 15.4 Å². The Morgan fingerprint density at radius 3 is 2.43 bits per heavy atom. The number of fused-ring (bicyclic) bond motifs is 1. The van der Waals surface area contributed by atoms with Crippen molar-refractivity contribution in [1.29, 1.82) is 0 Å². The monoisotopic (exact) mass is 312 g/mol. The maximum Gasteiger partial charge on any atom is 0.322 e. The van der Waals surface area contributed by atoms with Gasteiger partial charge in [0.15, 0.2) is 0 Å². The molecule has 1 aromatic rings. The molecule has 0 saturated carbocycles. The van der Waals surface area contributed by atoms with Gasteiger partial charge in [0, 0.05) is 26.1 Å². The first-order valence-corrected chi connectivity index (χ1v) is 8.19. The highest BCUT2D eigenvalue weighted by atomic mass is 32.2. The van der Waals surface area contributed by atoms with Crippen LogP contribution < -0.4 is 0 Å². The molecule has 1 aliphatic rings. The molecule has 0 fully saturated rings. The van der Waals surface area contributed by atoms with E-state index in [1.54, 1.807) is 13.8 Å². The fraction of sp³-hybridized carbons (Fsp3) is 0.500. The highest BCUT2D eigenvalue weighted by Crippen LogP contribution is 2.27. The molecule has 0 aliphatic carbocycles. The number of hydrogen-bond donors (Lipinski definition) is 1. The highest BCUT2D eigenvalue weighted by Gasteiger charge is 2.41. The molecule has 116 valence electrons. The van der Waals surface area contributed by atoms with Gasteiger partial charge in [-0.25, -0.2) is 0 Å². The molecule has 7 heteroatoms. The fourth-order valence-electron chi connectivity index (χ4n) is 2.38. The van der Waals surface area contributed by atoms with Gasteiger partial charge in [-0.2, -0.15) is 17.0 Å². The lowest BCUT2D eigenvalue weighted by atomic mass is 9.96. The van der Waals surface area contributed by atoms with Gasteiger partial charge >= 0.3 is 5.97 Å². The van der Waals surface area contributed by atoms with E-state index < -0.39 is 22.2 Å². The molecule has 6 nitrogen and oxygen atoms in total. The van der Waals surface area contributed by atoms with Crippen molar-refractivity contribution in [2.75, 3.05) is 7.05 Å². The number of carboxylic acid groups (broad SMARTS) is 1. The molecule has 1 aliphatic heterocycles. The largest absolute Gasteiger partial charge is 0.480 e. The maximum absolute atomic E-state index is 12.6. The third kappa shape index (κ3) is 2.95. The quantitative estimate of drug-likeness (QED) is 0.902. The Bertz CT molecular complexity index is 642. The Hall–Kier alpha value is -1.44. The lowest BCUT2D eigenvalue weighted by Gasteiger charge is -2.36. The molecule has 0 radical (unpaired) electrons. The molecule has 1 N–H and O–H groups in total. The second-order valence-corrected chi connectivity index (χ2v) is 7.43. The third-order valence-corrected chi connectivity index (χ3v) is 6.00. The summed E-state index contributed by atoms with van der Waals surface area (Å²) in [4.78, 5) is 11.5. The minimum absolute atomic E-state index is 0.0898. The van der Waals surface area contributed by atoms with Crippen LogP contribution >= 0.6 is 0 Å². The minimum atomic E-state index is -3.81. The maximum atomic E-state index is 12.6. The van der Waals surface area contributed by atoms with Crippen LogP contribution in [0.25, 0.3) is 0 Å². The average molecular weight is 312 g/mol. The van der Waals surface area contributed by atoms with E-state index in [1.807, 2.05) is 24.3 Å². The van der Waals surface area contributed by atoms with Crippen LogP contribution in [0.15, 0.2) is 24.3 Å². The predicted molar refractivity (Wildman–Crippen MR) is 78.9 cm³/mol. The van der Waals surface area contributed by atoms with Crippen molar-refractivity contribution in [1.82, 2.24) is 8.61 Å². The Kier molecular flexibility index (Phi) is 4.36. The molecule has 0 amide bonds. The van der Waals surface area contributed by atoms with Gasteiger partial charge in [0.25, 0.3) is 10.2 Å². The summed E-state index contributed by atoms with van der Waals surface area (Å²) in [6.45, 7) is 3.60. The Morgan fingerprint density at radius 2 is 1.90 bits per heavy atom. The Labute approximate surface area is 125 Å². The van der Waals surface area contributed by atoms with E-state index in [0.29, 0.717) is 0 Å². The molecule has 21 heavy (non-hydrogen) atoms. The second kappa shape index (κ2) is 5.75. The van der Waals surface area contributed by atoms with Crippen LogP contribution in [0.5, 0.6) is 0 Å². The molecule has 0 spiro atoms. The second-order valence-electron chi connectivity index (χ2n) is 5.49. The van der Waals surface area contributed by atoms with Gasteiger partial charge in [-0.05, 0) is 25.0 Å². The van der Waals surface area contributed by atoms with Gasteiger partial charge in [-0.1, -0.05) is 24.3 Å². The summed E-state index contributed by atoms with van der Waals surface area (Å²) >= 11 is 0. The van der Waals surface area contributed by atoms with Crippen molar-refractivity contribution in [2.45, 2.75) is 38.9 Å². The topological polar surface area (TPSA) is 77.9 Å². The van der Waals surface area contributed by atoms with Crippen LogP contribution in [0, 0.1) is 0 Å². The normalized spacial score (nSPS) is 19.8. The molecule has 0 saturated heterocycles. The van der Waals surface area contributed by atoms with Gasteiger partial charge in [0.1, 0.15) is 6.04 Å². The van der Waals surface area contributed by atoms with Crippen molar-refractivity contribution in [3.05, 3.63) is 35.4 Å². The molecule has 0 unspecified atom stereocenters. The Morgan fingerprint density at radius 1 is 1.33 bits per heavy atom. The third-order valence-electron chi connectivity index (χ3n) is 3.88. The molecular weight excluding hydrogens is 292 g/mol. The van der Waals surface area contributed by atoms with Gasteiger partial charge in [-0.3, -0.25) is 4.79 Å². The van der Waals surface area contributed by atoms with E-state index in [-0.39, 0.29) is 19.0 Å². The smallest absolute Gasteiger partial charge is 0.322 e. The van der Waals surface area contributed by atoms with Crippen LogP contribution in [0.2, 0.25) is 0 Å². The molecule has 0 bridgehead atoms. The molecule has 1 heterocycles. The van der Waals surface area contributed by atoms with Crippen molar-refractivity contribution in [3.8, 4) is 0 Å².